The lowest BCUT2D eigenvalue weighted by atomic mass is 10.3. The van der Waals surface area contributed by atoms with Gasteiger partial charge in [-0.3, -0.25) is 4.90 Å². The molecular weight excluding hydrogens is 240 g/mol. The number of hydrogen-bond donors (Lipinski definition) is 1. The molecule has 2 rings (SSSR count). The maximum absolute atomic E-state index is 3.40. The second-order valence-electron chi connectivity index (χ2n) is 5.33. The summed E-state index contributed by atoms with van der Waals surface area (Å²) in [6.45, 7) is 10.2. The highest BCUT2D eigenvalue weighted by Crippen LogP contribution is 2.30. The molecule has 1 saturated carbocycles. The summed E-state index contributed by atoms with van der Waals surface area (Å²) >= 11 is 1.97. The number of thiophene rings is 1. The molecule has 1 aromatic rings. The van der Waals surface area contributed by atoms with Gasteiger partial charge in [0.15, 0.2) is 0 Å². The third-order valence-corrected chi connectivity index (χ3v) is 4.47. The highest BCUT2D eigenvalue weighted by molar-refractivity contribution is 7.11. The van der Waals surface area contributed by atoms with Crippen LogP contribution in [0.25, 0.3) is 0 Å². The molecule has 3 heteroatoms. The molecule has 0 saturated heterocycles. The van der Waals surface area contributed by atoms with Crippen molar-refractivity contribution in [3.63, 3.8) is 0 Å². The van der Waals surface area contributed by atoms with Gasteiger partial charge in [0.25, 0.3) is 0 Å². The van der Waals surface area contributed by atoms with Crippen LogP contribution in [0.4, 0.5) is 0 Å². The quantitative estimate of drug-likeness (QED) is 0.736. The Labute approximate surface area is 115 Å². The van der Waals surface area contributed by atoms with Crippen LogP contribution >= 0.6 is 11.3 Å². The van der Waals surface area contributed by atoms with E-state index in [0.717, 1.165) is 25.6 Å². The molecular formula is C15H26N2S. The van der Waals surface area contributed by atoms with Crippen LogP contribution in [0.5, 0.6) is 0 Å². The van der Waals surface area contributed by atoms with E-state index in [1.54, 1.807) is 0 Å². The Morgan fingerprint density at radius 3 is 2.72 bits per heavy atom. The van der Waals surface area contributed by atoms with Crippen molar-refractivity contribution in [2.75, 3.05) is 19.6 Å². The van der Waals surface area contributed by atoms with Crippen LogP contribution in [0.15, 0.2) is 12.1 Å². The molecule has 0 bridgehead atoms. The first kappa shape index (κ1) is 14.0. The predicted molar refractivity (Wildman–Crippen MR) is 80.0 cm³/mol. The molecule has 18 heavy (non-hydrogen) atoms. The summed E-state index contributed by atoms with van der Waals surface area (Å²) in [6, 6.07) is 4.59. The largest absolute Gasteiger partial charge is 0.312 e. The van der Waals surface area contributed by atoms with Gasteiger partial charge in [0.05, 0.1) is 0 Å². The fourth-order valence-electron chi connectivity index (χ4n) is 2.29. The number of hydrogen-bond acceptors (Lipinski definition) is 3. The number of nitrogens with one attached hydrogen (secondary N) is 1. The summed E-state index contributed by atoms with van der Waals surface area (Å²) in [6.07, 6.45) is 4.18. The minimum Gasteiger partial charge on any atom is -0.312 e. The van der Waals surface area contributed by atoms with Gasteiger partial charge in [0, 0.05) is 29.4 Å². The Hall–Kier alpha value is -0.380. The molecule has 1 aliphatic carbocycles. The Kier molecular flexibility index (Phi) is 5.67. The predicted octanol–water partition coefficient (Wildman–Crippen LogP) is 3.48. The van der Waals surface area contributed by atoms with E-state index >= 15 is 0 Å². The van der Waals surface area contributed by atoms with Crippen molar-refractivity contribution >= 4 is 11.3 Å². The molecule has 0 unspecified atom stereocenters. The summed E-state index contributed by atoms with van der Waals surface area (Å²) in [7, 11) is 0. The molecule has 2 nitrogen and oxygen atoms in total. The van der Waals surface area contributed by atoms with Crippen LogP contribution < -0.4 is 5.32 Å². The average Bonchev–Trinajstić information content (AvgIpc) is 3.05. The molecule has 1 aromatic heterocycles. The van der Waals surface area contributed by atoms with Crippen LogP contribution in [0.1, 0.15) is 42.9 Å². The summed E-state index contributed by atoms with van der Waals surface area (Å²) in [5, 5.41) is 3.40. The average molecular weight is 266 g/mol. The zero-order valence-electron chi connectivity index (χ0n) is 11.7. The van der Waals surface area contributed by atoms with Crippen molar-refractivity contribution < 1.29 is 0 Å². The second kappa shape index (κ2) is 7.27. The fourth-order valence-corrected chi connectivity index (χ4v) is 3.32. The summed E-state index contributed by atoms with van der Waals surface area (Å²) in [5.74, 6) is 0.998. The van der Waals surface area contributed by atoms with E-state index in [0.29, 0.717) is 0 Å². The normalized spacial score (nSPS) is 15.5. The van der Waals surface area contributed by atoms with Crippen LogP contribution in [0.2, 0.25) is 0 Å². The van der Waals surface area contributed by atoms with Crippen LogP contribution in [0, 0.1) is 5.92 Å². The van der Waals surface area contributed by atoms with Crippen molar-refractivity contribution in [2.45, 2.75) is 46.2 Å². The zero-order chi connectivity index (χ0) is 12.8. The van der Waals surface area contributed by atoms with E-state index in [9.17, 15) is 0 Å². The van der Waals surface area contributed by atoms with Gasteiger partial charge in [-0.05, 0) is 50.4 Å². The SMILES string of the molecule is CCCN(Cc1ccc(CNCC)s1)CC1CC1. The van der Waals surface area contributed by atoms with Crippen LogP contribution in [0.3, 0.4) is 0 Å². The zero-order valence-corrected chi connectivity index (χ0v) is 12.6. The Bertz CT molecular complexity index is 344. The van der Waals surface area contributed by atoms with Crippen LogP contribution in [-0.4, -0.2) is 24.5 Å². The van der Waals surface area contributed by atoms with Gasteiger partial charge in [0.1, 0.15) is 0 Å². The molecule has 0 aliphatic heterocycles. The first-order valence-corrected chi connectivity index (χ1v) is 8.14. The van der Waals surface area contributed by atoms with Gasteiger partial charge in [-0.15, -0.1) is 11.3 Å². The monoisotopic (exact) mass is 266 g/mol. The summed E-state index contributed by atoms with van der Waals surface area (Å²) in [4.78, 5) is 5.63. The molecule has 1 aliphatic rings. The van der Waals surface area contributed by atoms with E-state index < -0.39 is 0 Å². The van der Waals surface area contributed by atoms with Gasteiger partial charge in [-0.25, -0.2) is 0 Å². The third-order valence-electron chi connectivity index (χ3n) is 3.40. The van der Waals surface area contributed by atoms with Crippen molar-refractivity contribution in [3.8, 4) is 0 Å². The minimum absolute atomic E-state index is 0.998. The Morgan fingerprint density at radius 2 is 2.06 bits per heavy atom. The lowest BCUT2D eigenvalue weighted by Crippen LogP contribution is -2.25. The highest BCUT2D eigenvalue weighted by Gasteiger charge is 2.24. The van der Waals surface area contributed by atoms with Gasteiger partial charge < -0.3 is 5.32 Å². The summed E-state index contributed by atoms with van der Waals surface area (Å²) in [5.41, 5.74) is 0. The number of nitrogens with zero attached hydrogens (tertiary/aromatic N) is 1. The molecule has 0 amide bonds. The molecule has 102 valence electrons. The smallest absolute Gasteiger partial charge is 0.0328 e. The Morgan fingerprint density at radius 1 is 1.28 bits per heavy atom. The molecule has 0 radical (unpaired) electrons. The van der Waals surface area contributed by atoms with Crippen molar-refractivity contribution in [1.29, 1.82) is 0 Å². The maximum atomic E-state index is 3.40. The van der Waals surface area contributed by atoms with Gasteiger partial charge in [0.2, 0.25) is 0 Å². The van der Waals surface area contributed by atoms with Crippen molar-refractivity contribution in [1.82, 2.24) is 10.2 Å². The van der Waals surface area contributed by atoms with Gasteiger partial charge in [-0.1, -0.05) is 13.8 Å². The summed E-state index contributed by atoms with van der Waals surface area (Å²) < 4.78 is 0. The molecule has 1 fully saturated rings. The lowest BCUT2D eigenvalue weighted by Gasteiger charge is -2.20. The number of rotatable bonds is 9. The standard InChI is InChI=1S/C15H26N2S/c1-3-9-17(11-13-5-6-13)12-15-8-7-14(18-15)10-16-4-2/h7-8,13,16H,3-6,9-12H2,1-2H3. The van der Waals surface area contributed by atoms with Crippen molar-refractivity contribution in [2.24, 2.45) is 5.92 Å². The highest BCUT2D eigenvalue weighted by atomic mass is 32.1. The third kappa shape index (κ3) is 4.71. The van der Waals surface area contributed by atoms with E-state index in [1.165, 1.54) is 42.1 Å². The topological polar surface area (TPSA) is 15.3 Å². The van der Waals surface area contributed by atoms with E-state index in [1.807, 2.05) is 11.3 Å². The molecule has 1 heterocycles. The minimum atomic E-state index is 0.998. The van der Waals surface area contributed by atoms with Gasteiger partial charge in [-0.2, -0.15) is 0 Å². The van der Waals surface area contributed by atoms with Crippen molar-refractivity contribution in [3.05, 3.63) is 21.9 Å². The first-order valence-electron chi connectivity index (χ1n) is 7.32. The molecule has 0 aromatic carbocycles. The fraction of sp³-hybridized carbons (Fsp3) is 0.733. The van der Waals surface area contributed by atoms with Crippen LogP contribution in [-0.2, 0) is 13.1 Å². The second-order valence-corrected chi connectivity index (χ2v) is 6.58. The van der Waals surface area contributed by atoms with E-state index in [-0.39, 0.29) is 0 Å². The first-order chi connectivity index (χ1) is 8.81. The lowest BCUT2D eigenvalue weighted by molar-refractivity contribution is 0.257. The van der Waals surface area contributed by atoms with E-state index in [4.69, 9.17) is 0 Å². The maximum Gasteiger partial charge on any atom is 0.0328 e. The molecule has 1 N–H and O–H groups in total. The van der Waals surface area contributed by atoms with E-state index in [2.05, 4.69) is 36.2 Å². The molecule has 0 spiro atoms. The molecule has 0 atom stereocenters. The van der Waals surface area contributed by atoms with Gasteiger partial charge >= 0.3 is 0 Å². The Balaban J connectivity index is 1.82.